The number of hydrogen-bond donors (Lipinski definition) is 3. The minimum Gasteiger partial charge on any atom is -0.391 e. The Morgan fingerprint density at radius 3 is 2.56 bits per heavy atom. The van der Waals surface area contributed by atoms with E-state index >= 15 is 0 Å². The molecule has 1 aromatic carbocycles. The predicted octanol–water partition coefficient (Wildman–Crippen LogP) is 3.35. The highest BCUT2D eigenvalue weighted by atomic mass is 19.1. The first-order valence-corrected chi connectivity index (χ1v) is 11.3. The number of benzene rings is 1. The minimum absolute atomic E-state index is 0.0139. The third kappa shape index (κ3) is 7.31. The summed E-state index contributed by atoms with van der Waals surface area (Å²) < 4.78 is 14.0. The van der Waals surface area contributed by atoms with Crippen molar-refractivity contribution in [3.8, 4) is 0 Å². The number of carbonyl (C=O) groups is 2. The van der Waals surface area contributed by atoms with Crippen LogP contribution in [0.3, 0.4) is 0 Å². The van der Waals surface area contributed by atoms with Gasteiger partial charge in [0.25, 0.3) is 5.91 Å². The molecule has 3 aromatic rings. The molecule has 0 aliphatic heterocycles. The van der Waals surface area contributed by atoms with Crippen molar-refractivity contribution in [1.29, 1.82) is 0 Å². The number of amides is 2. The fourth-order valence-corrected chi connectivity index (χ4v) is 3.83. The van der Waals surface area contributed by atoms with Gasteiger partial charge in [-0.25, -0.2) is 9.37 Å². The van der Waals surface area contributed by atoms with Crippen LogP contribution in [0.5, 0.6) is 0 Å². The summed E-state index contributed by atoms with van der Waals surface area (Å²) in [5, 5.41) is 14.7. The summed E-state index contributed by atoms with van der Waals surface area (Å²) in [5.74, 6) is -1.76. The van der Waals surface area contributed by atoms with Crippen LogP contribution in [-0.4, -0.2) is 44.7 Å². The van der Waals surface area contributed by atoms with E-state index < -0.39 is 35.5 Å². The summed E-state index contributed by atoms with van der Waals surface area (Å²) in [6, 6.07) is 13.8. The Morgan fingerprint density at radius 2 is 1.88 bits per heavy atom. The van der Waals surface area contributed by atoms with Crippen LogP contribution in [0.25, 0.3) is 10.9 Å². The number of aliphatic hydroxyl groups excluding tert-OH is 1. The van der Waals surface area contributed by atoms with Crippen LogP contribution in [0, 0.1) is 5.92 Å². The van der Waals surface area contributed by atoms with Gasteiger partial charge in [0, 0.05) is 23.7 Å². The van der Waals surface area contributed by atoms with Crippen molar-refractivity contribution in [1.82, 2.24) is 15.3 Å². The molecule has 0 saturated heterocycles. The second kappa shape index (κ2) is 11.2. The normalized spacial score (nSPS) is 14.4. The number of nitrogens with zero attached hydrogens (tertiary/aromatic N) is 2. The van der Waals surface area contributed by atoms with E-state index in [1.54, 1.807) is 30.6 Å². The zero-order valence-electron chi connectivity index (χ0n) is 19.4. The Balaban J connectivity index is 1.78. The van der Waals surface area contributed by atoms with E-state index in [1.165, 1.54) is 13.8 Å². The average Bonchev–Trinajstić information content (AvgIpc) is 2.80. The molecular formula is C26H31FN4O3. The summed E-state index contributed by atoms with van der Waals surface area (Å²) in [4.78, 5) is 33.4. The number of halogens is 1. The number of alkyl halides is 1. The fourth-order valence-electron chi connectivity index (χ4n) is 3.83. The molecule has 0 aliphatic carbocycles. The van der Waals surface area contributed by atoms with Gasteiger partial charge in [0.2, 0.25) is 5.91 Å². The Labute approximate surface area is 198 Å². The van der Waals surface area contributed by atoms with Crippen LogP contribution >= 0.6 is 0 Å². The lowest BCUT2D eigenvalue weighted by Gasteiger charge is -2.27. The van der Waals surface area contributed by atoms with Crippen molar-refractivity contribution in [2.45, 2.75) is 57.3 Å². The number of nitrogens with one attached hydrogen (secondary N) is 1. The zero-order chi connectivity index (χ0) is 24.7. The van der Waals surface area contributed by atoms with E-state index in [1.807, 2.05) is 30.3 Å². The summed E-state index contributed by atoms with van der Waals surface area (Å²) in [6.07, 6.45) is 2.89. The molecule has 7 nitrogen and oxygen atoms in total. The highest BCUT2D eigenvalue weighted by Gasteiger charge is 2.29. The largest absolute Gasteiger partial charge is 0.391 e. The molecule has 2 amide bonds. The van der Waals surface area contributed by atoms with Crippen molar-refractivity contribution in [2.75, 3.05) is 0 Å². The number of hydrogen-bond acceptors (Lipinski definition) is 5. The van der Waals surface area contributed by atoms with Crippen LogP contribution in [0.2, 0.25) is 0 Å². The maximum atomic E-state index is 14.0. The number of aliphatic hydroxyl groups is 1. The van der Waals surface area contributed by atoms with Gasteiger partial charge in [0.05, 0.1) is 17.7 Å². The number of fused-ring (bicyclic) bond motifs is 1. The molecule has 180 valence electrons. The molecule has 8 heteroatoms. The van der Waals surface area contributed by atoms with Gasteiger partial charge in [-0.3, -0.25) is 14.6 Å². The van der Waals surface area contributed by atoms with Crippen molar-refractivity contribution in [3.63, 3.8) is 0 Å². The molecule has 4 N–H and O–H groups in total. The van der Waals surface area contributed by atoms with Crippen LogP contribution in [0.4, 0.5) is 4.39 Å². The summed E-state index contributed by atoms with van der Waals surface area (Å²) in [7, 11) is 0. The first-order chi connectivity index (χ1) is 16.1. The van der Waals surface area contributed by atoms with E-state index in [-0.39, 0.29) is 25.0 Å². The van der Waals surface area contributed by atoms with Crippen LogP contribution in [-0.2, 0) is 11.2 Å². The highest BCUT2D eigenvalue weighted by molar-refractivity contribution is 5.95. The molecule has 0 spiro atoms. The number of rotatable bonds is 11. The van der Waals surface area contributed by atoms with Gasteiger partial charge in [-0.05, 0) is 63.3 Å². The van der Waals surface area contributed by atoms with Crippen LogP contribution in [0.1, 0.15) is 49.2 Å². The van der Waals surface area contributed by atoms with E-state index in [0.29, 0.717) is 11.9 Å². The summed E-state index contributed by atoms with van der Waals surface area (Å²) in [5.41, 5.74) is 5.83. The maximum absolute atomic E-state index is 14.0. The molecule has 0 fully saturated rings. The summed E-state index contributed by atoms with van der Waals surface area (Å²) >= 11 is 0. The van der Waals surface area contributed by atoms with E-state index in [4.69, 9.17) is 5.73 Å². The van der Waals surface area contributed by atoms with Gasteiger partial charge < -0.3 is 16.2 Å². The van der Waals surface area contributed by atoms with Gasteiger partial charge in [-0.15, -0.1) is 0 Å². The van der Waals surface area contributed by atoms with Gasteiger partial charge in [0.15, 0.2) is 0 Å². The van der Waals surface area contributed by atoms with Crippen molar-refractivity contribution >= 4 is 22.7 Å². The number of pyridine rings is 2. The van der Waals surface area contributed by atoms with Gasteiger partial charge in [-0.1, -0.05) is 30.3 Å². The Kier molecular flexibility index (Phi) is 8.28. The average molecular weight is 467 g/mol. The third-order valence-electron chi connectivity index (χ3n) is 5.82. The molecule has 0 bridgehead atoms. The first-order valence-electron chi connectivity index (χ1n) is 11.3. The number of carbonyl (C=O) groups excluding carboxylic acids is 2. The Hall–Kier alpha value is -3.39. The summed E-state index contributed by atoms with van der Waals surface area (Å²) in [6.45, 7) is 2.87. The lowest BCUT2D eigenvalue weighted by molar-refractivity contribution is -0.123. The third-order valence-corrected chi connectivity index (χ3v) is 5.82. The molecule has 3 atom stereocenters. The standard InChI is InChI=1S/C26H31FN4O3/c1-26(2,27)12-10-18(24(28)33)15-23(32)22(14-17-6-4-3-5-7-17)31-25(34)21-9-8-19-16-29-13-11-20(19)30-21/h3-9,11,13,16,18,22-23,32H,10,12,14-15H2,1-2H3,(H2,28,33)(H,31,34). The van der Waals surface area contributed by atoms with Gasteiger partial charge in [-0.2, -0.15) is 0 Å². The quantitative estimate of drug-likeness (QED) is 0.401. The van der Waals surface area contributed by atoms with Gasteiger partial charge >= 0.3 is 0 Å². The Morgan fingerprint density at radius 1 is 1.15 bits per heavy atom. The number of primary amides is 1. The molecule has 3 unspecified atom stereocenters. The van der Waals surface area contributed by atoms with E-state index in [0.717, 1.165) is 10.9 Å². The molecule has 0 radical (unpaired) electrons. The molecular weight excluding hydrogens is 435 g/mol. The lowest BCUT2D eigenvalue weighted by atomic mass is 9.88. The van der Waals surface area contributed by atoms with Gasteiger partial charge in [0.1, 0.15) is 11.4 Å². The van der Waals surface area contributed by atoms with Crippen molar-refractivity contribution in [2.24, 2.45) is 11.7 Å². The van der Waals surface area contributed by atoms with Crippen LogP contribution in [0.15, 0.2) is 60.9 Å². The smallest absolute Gasteiger partial charge is 0.270 e. The molecule has 34 heavy (non-hydrogen) atoms. The number of nitrogens with two attached hydrogens (primary N) is 1. The SMILES string of the molecule is CC(C)(F)CCC(CC(O)C(Cc1ccccc1)NC(=O)c1ccc2cnccc2n1)C(N)=O. The maximum Gasteiger partial charge on any atom is 0.270 e. The van der Waals surface area contributed by atoms with Crippen LogP contribution < -0.4 is 11.1 Å². The topological polar surface area (TPSA) is 118 Å². The minimum atomic E-state index is -1.45. The fraction of sp³-hybridized carbons (Fsp3) is 0.385. The predicted molar refractivity (Wildman–Crippen MR) is 129 cm³/mol. The van der Waals surface area contributed by atoms with Crippen molar-refractivity contribution < 1.29 is 19.1 Å². The Bertz CT molecular complexity index is 1120. The second-order valence-corrected chi connectivity index (χ2v) is 9.19. The second-order valence-electron chi connectivity index (χ2n) is 9.19. The molecule has 0 saturated carbocycles. The molecule has 3 rings (SSSR count). The highest BCUT2D eigenvalue weighted by Crippen LogP contribution is 2.24. The molecule has 2 heterocycles. The van der Waals surface area contributed by atoms with Crippen molar-refractivity contribution in [3.05, 3.63) is 72.2 Å². The van der Waals surface area contributed by atoms with E-state index in [2.05, 4.69) is 15.3 Å². The first kappa shape index (κ1) is 25.2. The molecule has 0 aliphatic rings. The zero-order valence-corrected chi connectivity index (χ0v) is 19.4. The molecule has 2 aromatic heterocycles. The lowest BCUT2D eigenvalue weighted by Crippen LogP contribution is -2.46. The van der Waals surface area contributed by atoms with E-state index in [9.17, 15) is 19.1 Å². The number of aromatic nitrogens is 2. The monoisotopic (exact) mass is 466 g/mol.